The van der Waals surface area contributed by atoms with E-state index in [-0.39, 0.29) is 18.2 Å². The zero-order chi connectivity index (χ0) is 19.8. The highest BCUT2D eigenvalue weighted by atomic mass is 35.5. The average Bonchev–Trinajstić information content (AvgIpc) is 2.65. The van der Waals surface area contributed by atoms with Crippen molar-refractivity contribution in [3.8, 4) is 5.75 Å². The molecule has 1 heterocycles. The Morgan fingerprint density at radius 3 is 2.52 bits per heavy atom. The summed E-state index contributed by atoms with van der Waals surface area (Å²) in [6.45, 7) is 8.83. The van der Waals surface area contributed by atoms with Crippen LogP contribution in [-0.4, -0.2) is 34.6 Å². The second-order valence-corrected chi connectivity index (χ2v) is 7.10. The summed E-state index contributed by atoms with van der Waals surface area (Å²) in [7, 11) is 0. The van der Waals surface area contributed by atoms with Crippen molar-refractivity contribution in [3.05, 3.63) is 53.3 Å². The molecule has 0 aliphatic rings. The Labute approximate surface area is 166 Å². The van der Waals surface area contributed by atoms with Gasteiger partial charge in [-0.1, -0.05) is 25.4 Å². The zero-order valence-corrected chi connectivity index (χ0v) is 17.2. The predicted octanol–water partition coefficient (Wildman–Crippen LogP) is 5.22. The lowest BCUT2D eigenvalue weighted by molar-refractivity contribution is 0.0705. The molecular formula is C21H28ClN3O2. The number of carbonyl (C=O) groups is 1. The Hall–Kier alpha value is -2.27. The smallest absolute Gasteiger partial charge is 0.254 e. The largest absolute Gasteiger partial charge is 0.471 e. The van der Waals surface area contributed by atoms with Gasteiger partial charge in [0.15, 0.2) is 6.23 Å². The van der Waals surface area contributed by atoms with E-state index in [2.05, 4.69) is 17.2 Å². The van der Waals surface area contributed by atoms with Gasteiger partial charge in [-0.2, -0.15) is 0 Å². The van der Waals surface area contributed by atoms with Crippen LogP contribution >= 0.6 is 11.6 Å². The van der Waals surface area contributed by atoms with E-state index in [1.165, 1.54) is 0 Å². The second kappa shape index (κ2) is 10.2. The molecule has 1 atom stereocenters. The van der Waals surface area contributed by atoms with Crippen molar-refractivity contribution in [2.24, 2.45) is 0 Å². The number of pyridine rings is 1. The van der Waals surface area contributed by atoms with Gasteiger partial charge in [0.05, 0.1) is 0 Å². The first-order chi connectivity index (χ1) is 12.9. The molecule has 1 aromatic carbocycles. The van der Waals surface area contributed by atoms with Gasteiger partial charge >= 0.3 is 0 Å². The molecule has 2 aromatic rings. The number of anilines is 1. The third-order valence-corrected chi connectivity index (χ3v) is 4.34. The summed E-state index contributed by atoms with van der Waals surface area (Å²) < 4.78 is 6.05. The Morgan fingerprint density at radius 2 is 1.93 bits per heavy atom. The number of nitrogens with one attached hydrogen (secondary N) is 1. The van der Waals surface area contributed by atoms with Gasteiger partial charge in [-0.25, -0.2) is 0 Å². The van der Waals surface area contributed by atoms with Crippen LogP contribution in [0.2, 0.25) is 5.02 Å². The van der Waals surface area contributed by atoms with Crippen molar-refractivity contribution in [2.75, 3.05) is 11.9 Å². The third-order valence-electron chi connectivity index (χ3n) is 4.12. The molecule has 0 saturated carbocycles. The van der Waals surface area contributed by atoms with Gasteiger partial charge in [-0.15, -0.1) is 0 Å². The maximum Gasteiger partial charge on any atom is 0.254 e. The third kappa shape index (κ3) is 6.14. The molecule has 0 radical (unpaired) electrons. The maximum atomic E-state index is 12.9. The molecule has 0 saturated heterocycles. The lowest BCUT2D eigenvalue weighted by Gasteiger charge is -2.27. The summed E-state index contributed by atoms with van der Waals surface area (Å²) in [6.07, 6.45) is 4.85. The number of benzene rings is 1. The van der Waals surface area contributed by atoms with Crippen LogP contribution in [-0.2, 0) is 0 Å². The number of ether oxygens (including phenoxy) is 1. The molecule has 146 valence electrons. The molecule has 27 heavy (non-hydrogen) atoms. The van der Waals surface area contributed by atoms with E-state index in [9.17, 15) is 4.79 Å². The van der Waals surface area contributed by atoms with Crippen molar-refractivity contribution in [2.45, 2.75) is 52.8 Å². The van der Waals surface area contributed by atoms with Crippen LogP contribution in [0.1, 0.15) is 50.9 Å². The molecule has 1 N–H and O–H groups in total. The Bertz CT molecular complexity index is 737. The minimum atomic E-state index is -0.245. The van der Waals surface area contributed by atoms with Crippen LogP contribution < -0.4 is 10.1 Å². The number of hydrogen-bond acceptors (Lipinski definition) is 4. The van der Waals surface area contributed by atoms with Crippen molar-refractivity contribution >= 4 is 23.2 Å². The summed E-state index contributed by atoms with van der Waals surface area (Å²) in [5.74, 6) is 0.536. The number of aromatic nitrogens is 1. The minimum absolute atomic E-state index is 0.0330. The summed E-state index contributed by atoms with van der Waals surface area (Å²) in [6, 6.07) is 9.07. The average molecular weight is 390 g/mol. The maximum absolute atomic E-state index is 12.9. The molecule has 6 heteroatoms. The first kappa shape index (κ1) is 21.0. The highest BCUT2D eigenvalue weighted by Crippen LogP contribution is 2.24. The number of hydrogen-bond donors (Lipinski definition) is 1. The van der Waals surface area contributed by atoms with Crippen LogP contribution in [0.25, 0.3) is 0 Å². The molecule has 0 fully saturated rings. The Kier molecular flexibility index (Phi) is 7.92. The van der Waals surface area contributed by atoms with E-state index in [0.29, 0.717) is 22.9 Å². The van der Waals surface area contributed by atoms with Gasteiger partial charge in [0, 0.05) is 47.7 Å². The molecule has 5 nitrogen and oxygen atoms in total. The van der Waals surface area contributed by atoms with E-state index in [1.54, 1.807) is 30.6 Å². The van der Waals surface area contributed by atoms with Crippen LogP contribution in [0.5, 0.6) is 5.75 Å². The molecule has 2 rings (SSSR count). The van der Waals surface area contributed by atoms with Gasteiger partial charge in [0.1, 0.15) is 5.75 Å². The van der Waals surface area contributed by atoms with Crippen molar-refractivity contribution in [3.63, 3.8) is 0 Å². The summed E-state index contributed by atoms with van der Waals surface area (Å²) in [4.78, 5) is 18.8. The van der Waals surface area contributed by atoms with Crippen LogP contribution in [0, 0.1) is 0 Å². The fourth-order valence-corrected chi connectivity index (χ4v) is 2.99. The molecule has 0 bridgehead atoms. The standard InChI is InChI=1S/C21H28ClN3O2/c1-5-11-25(15(3)4)21(26)16-12-17(22)14-19(13-16)27-20(6-2)24-18-7-9-23-10-8-18/h7-10,12-15,20H,5-6,11H2,1-4H3,(H,23,24). The number of amides is 1. The summed E-state index contributed by atoms with van der Waals surface area (Å²) in [5, 5.41) is 3.79. The minimum Gasteiger partial charge on any atom is -0.471 e. The molecule has 1 aromatic heterocycles. The Balaban J connectivity index is 2.19. The first-order valence-electron chi connectivity index (χ1n) is 9.39. The Morgan fingerprint density at radius 1 is 1.22 bits per heavy atom. The fourth-order valence-electron chi connectivity index (χ4n) is 2.77. The van der Waals surface area contributed by atoms with E-state index in [1.807, 2.05) is 37.8 Å². The zero-order valence-electron chi connectivity index (χ0n) is 16.4. The van der Waals surface area contributed by atoms with Gasteiger partial charge in [0.25, 0.3) is 5.91 Å². The molecular weight excluding hydrogens is 362 g/mol. The number of nitrogens with zero attached hydrogens (tertiary/aromatic N) is 2. The van der Waals surface area contributed by atoms with Crippen molar-refractivity contribution in [1.29, 1.82) is 0 Å². The normalized spacial score (nSPS) is 11.9. The van der Waals surface area contributed by atoms with Gasteiger partial charge in [0.2, 0.25) is 0 Å². The number of rotatable bonds is 9. The lowest BCUT2D eigenvalue weighted by Crippen LogP contribution is -2.37. The van der Waals surface area contributed by atoms with E-state index in [0.717, 1.165) is 18.5 Å². The van der Waals surface area contributed by atoms with Crippen LogP contribution in [0.3, 0.4) is 0 Å². The second-order valence-electron chi connectivity index (χ2n) is 6.66. The van der Waals surface area contributed by atoms with Crippen LogP contribution in [0.15, 0.2) is 42.7 Å². The lowest BCUT2D eigenvalue weighted by atomic mass is 10.1. The van der Waals surface area contributed by atoms with Gasteiger partial charge in [-0.05, 0) is 50.6 Å². The van der Waals surface area contributed by atoms with Crippen LogP contribution in [0.4, 0.5) is 5.69 Å². The predicted molar refractivity (Wildman–Crippen MR) is 110 cm³/mol. The van der Waals surface area contributed by atoms with Gasteiger partial charge in [-0.3, -0.25) is 9.78 Å². The first-order valence-corrected chi connectivity index (χ1v) is 9.77. The monoisotopic (exact) mass is 389 g/mol. The molecule has 0 aliphatic carbocycles. The van der Waals surface area contributed by atoms with E-state index >= 15 is 0 Å². The molecule has 1 amide bonds. The number of halogens is 1. The van der Waals surface area contributed by atoms with E-state index in [4.69, 9.17) is 16.3 Å². The van der Waals surface area contributed by atoms with Crippen molar-refractivity contribution in [1.82, 2.24) is 9.88 Å². The molecule has 0 aliphatic heterocycles. The topological polar surface area (TPSA) is 54.5 Å². The quantitative estimate of drug-likeness (QED) is 0.597. The SMILES string of the molecule is CCCN(C(=O)c1cc(Cl)cc(OC(CC)Nc2ccncc2)c1)C(C)C. The summed E-state index contributed by atoms with van der Waals surface area (Å²) in [5.41, 5.74) is 1.46. The highest BCUT2D eigenvalue weighted by molar-refractivity contribution is 6.31. The fraction of sp³-hybridized carbons (Fsp3) is 0.429. The van der Waals surface area contributed by atoms with Gasteiger partial charge < -0.3 is 15.0 Å². The molecule has 1 unspecified atom stereocenters. The summed E-state index contributed by atoms with van der Waals surface area (Å²) >= 11 is 6.26. The molecule has 0 spiro atoms. The van der Waals surface area contributed by atoms with E-state index < -0.39 is 0 Å². The number of carbonyl (C=O) groups excluding carboxylic acids is 1. The highest BCUT2D eigenvalue weighted by Gasteiger charge is 2.20. The van der Waals surface area contributed by atoms with Crippen molar-refractivity contribution < 1.29 is 9.53 Å².